The van der Waals surface area contributed by atoms with E-state index in [-0.39, 0.29) is 0 Å². The van der Waals surface area contributed by atoms with E-state index < -0.39 is 0 Å². The molecule has 0 aliphatic heterocycles. The zero-order valence-electron chi connectivity index (χ0n) is 21.5. The molecular formula is C35H20Br2ClN3. The van der Waals surface area contributed by atoms with Crippen molar-refractivity contribution in [3.05, 3.63) is 135 Å². The fraction of sp³-hybridized carbons (Fsp3) is 0. The topological polar surface area (TPSA) is 38.7 Å². The maximum absolute atomic E-state index is 6.54. The maximum Gasteiger partial charge on any atom is 0.164 e. The number of halogens is 3. The highest BCUT2D eigenvalue weighted by Gasteiger charge is 2.14. The van der Waals surface area contributed by atoms with Crippen LogP contribution in [0, 0.1) is 0 Å². The molecular weight excluding hydrogens is 658 g/mol. The maximum atomic E-state index is 6.54. The van der Waals surface area contributed by atoms with Crippen molar-refractivity contribution in [1.82, 2.24) is 15.0 Å². The van der Waals surface area contributed by atoms with Gasteiger partial charge in [-0.3, -0.25) is 0 Å². The molecule has 0 fully saturated rings. The lowest BCUT2D eigenvalue weighted by Gasteiger charge is -2.11. The zero-order valence-corrected chi connectivity index (χ0v) is 25.5. The fourth-order valence-electron chi connectivity index (χ4n) is 5.00. The van der Waals surface area contributed by atoms with Gasteiger partial charge in [0.05, 0.1) is 0 Å². The van der Waals surface area contributed by atoms with E-state index in [9.17, 15) is 0 Å². The zero-order chi connectivity index (χ0) is 27.9. The van der Waals surface area contributed by atoms with Crippen LogP contribution in [0.2, 0.25) is 5.02 Å². The van der Waals surface area contributed by atoms with Crippen LogP contribution in [0.3, 0.4) is 0 Å². The van der Waals surface area contributed by atoms with Crippen molar-refractivity contribution in [1.29, 1.82) is 0 Å². The van der Waals surface area contributed by atoms with E-state index in [1.165, 1.54) is 0 Å². The standard InChI is InChI=1S/C35H20Br2ClN3/c36-29-14-12-21-16-27(10-8-23(21)19-29)34-39-33(26-5-3-4-25(18-26)31-6-1-2-7-32(31)38)40-35(41-34)28-11-9-24-20-30(37)15-13-22(24)17-28/h1-20H. The van der Waals surface area contributed by atoms with Crippen LogP contribution in [-0.4, -0.2) is 15.0 Å². The van der Waals surface area contributed by atoms with Crippen LogP contribution >= 0.6 is 43.5 Å². The minimum atomic E-state index is 0.603. The Morgan fingerprint density at radius 1 is 0.415 bits per heavy atom. The molecule has 0 bridgehead atoms. The quantitative estimate of drug-likeness (QED) is 0.186. The molecule has 6 heteroatoms. The summed E-state index contributed by atoms with van der Waals surface area (Å²) in [5, 5.41) is 5.22. The molecule has 0 N–H and O–H groups in total. The molecule has 1 aromatic heterocycles. The van der Waals surface area contributed by atoms with Crippen molar-refractivity contribution >= 4 is 65.0 Å². The van der Waals surface area contributed by atoms with Crippen molar-refractivity contribution in [2.45, 2.75) is 0 Å². The molecule has 0 saturated carbocycles. The first-order valence-electron chi connectivity index (χ1n) is 13.0. The molecule has 1 heterocycles. The van der Waals surface area contributed by atoms with Gasteiger partial charge >= 0.3 is 0 Å². The predicted octanol–water partition coefficient (Wildman–Crippen LogP) is 11.0. The van der Waals surface area contributed by atoms with Crippen LogP contribution in [0.4, 0.5) is 0 Å². The van der Waals surface area contributed by atoms with E-state index >= 15 is 0 Å². The number of rotatable bonds is 4. The Balaban J connectivity index is 1.41. The highest BCUT2D eigenvalue weighted by atomic mass is 79.9. The molecule has 41 heavy (non-hydrogen) atoms. The summed E-state index contributed by atoms with van der Waals surface area (Å²) >= 11 is 13.7. The highest BCUT2D eigenvalue weighted by Crippen LogP contribution is 2.33. The summed E-state index contributed by atoms with van der Waals surface area (Å²) in [6, 6.07) is 41.1. The third kappa shape index (κ3) is 5.29. The van der Waals surface area contributed by atoms with E-state index in [1.807, 2.05) is 48.5 Å². The fourth-order valence-corrected chi connectivity index (χ4v) is 6.00. The van der Waals surface area contributed by atoms with Gasteiger partial charge in [-0.2, -0.15) is 0 Å². The smallest absolute Gasteiger partial charge is 0.164 e. The van der Waals surface area contributed by atoms with Gasteiger partial charge in [-0.15, -0.1) is 0 Å². The Morgan fingerprint density at radius 2 is 0.878 bits per heavy atom. The lowest BCUT2D eigenvalue weighted by Crippen LogP contribution is -2.00. The van der Waals surface area contributed by atoms with E-state index in [2.05, 4.69) is 105 Å². The number of hydrogen-bond acceptors (Lipinski definition) is 3. The van der Waals surface area contributed by atoms with Crippen molar-refractivity contribution in [2.75, 3.05) is 0 Å². The summed E-state index contributed by atoms with van der Waals surface area (Å²) in [6.45, 7) is 0. The summed E-state index contributed by atoms with van der Waals surface area (Å²) in [6.07, 6.45) is 0. The molecule has 0 unspecified atom stereocenters. The lowest BCUT2D eigenvalue weighted by molar-refractivity contribution is 1.08. The molecule has 0 saturated heterocycles. The third-order valence-corrected chi connectivity index (χ3v) is 8.38. The first kappa shape index (κ1) is 26.0. The minimum absolute atomic E-state index is 0.603. The van der Waals surface area contributed by atoms with Gasteiger partial charge in [-0.1, -0.05) is 116 Å². The minimum Gasteiger partial charge on any atom is -0.208 e. The molecule has 0 aliphatic rings. The average Bonchev–Trinajstić information content (AvgIpc) is 3.00. The summed E-state index contributed by atoms with van der Waals surface area (Å²) in [4.78, 5) is 14.9. The van der Waals surface area contributed by atoms with Crippen molar-refractivity contribution < 1.29 is 0 Å². The third-order valence-electron chi connectivity index (χ3n) is 7.06. The van der Waals surface area contributed by atoms with E-state index in [1.54, 1.807) is 0 Å². The van der Waals surface area contributed by atoms with Gasteiger partial charge in [0.15, 0.2) is 17.5 Å². The van der Waals surface area contributed by atoms with Gasteiger partial charge < -0.3 is 0 Å². The van der Waals surface area contributed by atoms with Crippen LogP contribution < -0.4 is 0 Å². The van der Waals surface area contributed by atoms with Gasteiger partial charge in [0.1, 0.15) is 0 Å². The summed E-state index contributed by atoms with van der Waals surface area (Å²) in [5.74, 6) is 1.84. The molecule has 0 spiro atoms. The molecule has 7 rings (SSSR count). The Bertz CT molecular complexity index is 2010. The molecule has 3 nitrogen and oxygen atoms in total. The van der Waals surface area contributed by atoms with Crippen LogP contribution in [0.5, 0.6) is 0 Å². The summed E-state index contributed by atoms with van der Waals surface area (Å²) < 4.78 is 2.09. The SMILES string of the molecule is Clc1ccccc1-c1cccc(-c2nc(-c3ccc4cc(Br)ccc4c3)nc(-c3ccc4cc(Br)ccc4c3)n2)c1. The second-order valence-electron chi connectivity index (χ2n) is 9.78. The Kier molecular flexibility index (Phi) is 6.87. The molecule has 7 aromatic rings. The normalized spacial score (nSPS) is 11.3. The number of benzene rings is 6. The molecule has 0 atom stereocenters. The van der Waals surface area contributed by atoms with Gasteiger partial charge in [0, 0.05) is 36.2 Å². The number of hydrogen-bond donors (Lipinski definition) is 0. The first-order chi connectivity index (χ1) is 20.0. The number of aromatic nitrogens is 3. The Morgan fingerprint density at radius 3 is 1.44 bits per heavy atom. The molecule has 0 aliphatic carbocycles. The van der Waals surface area contributed by atoms with E-state index in [0.717, 1.165) is 58.3 Å². The van der Waals surface area contributed by atoms with Crippen molar-refractivity contribution in [3.8, 4) is 45.3 Å². The molecule has 196 valence electrons. The van der Waals surface area contributed by atoms with Crippen LogP contribution in [-0.2, 0) is 0 Å². The second kappa shape index (κ2) is 10.8. The van der Waals surface area contributed by atoms with Crippen molar-refractivity contribution in [2.24, 2.45) is 0 Å². The van der Waals surface area contributed by atoms with E-state index in [4.69, 9.17) is 26.6 Å². The van der Waals surface area contributed by atoms with Gasteiger partial charge in [-0.05, 0) is 75.6 Å². The molecule has 6 aromatic carbocycles. The van der Waals surface area contributed by atoms with Crippen LogP contribution in [0.15, 0.2) is 130 Å². The lowest BCUT2D eigenvalue weighted by atomic mass is 10.0. The second-order valence-corrected chi connectivity index (χ2v) is 12.0. The van der Waals surface area contributed by atoms with E-state index in [0.29, 0.717) is 22.5 Å². The number of fused-ring (bicyclic) bond motifs is 2. The van der Waals surface area contributed by atoms with Crippen LogP contribution in [0.1, 0.15) is 0 Å². The highest BCUT2D eigenvalue weighted by molar-refractivity contribution is 9.10. The Hall–Kier alpha value is -3.90. The Labute approximate surface area is 259 Å². The largest absolute Gasteiger partial charge is 0.208 e. The predicted molar refractivity (Wildman–Crippen MR) is 177 cm³/mol. The van der Waals surface area contributed by atoms with Gasteiger partial charge in [0.25, 0.3) is 0 Å². The molecule has 0 radical (unpaired) electrons. The summed E-state index contributed by atoms with van der Waals surface area (Å²) in [7, 11) is 0. The molecule has 0 amide bonds. The van der Waals surface area contributed by atoms with Gasteiger partial charge in [-0.25, -0.2) is 15.0 Å². The van der Waals surface area contributed by atoms with Crippen molar-refractivity contribution in [3.63, 3.8) is 0 Å². The average molecular weight is 678 g/mol. The number of nitrogens with zero attached hydrogens (tertiary/aromatic N) is 3. The monoisotopic (exact) mass is 675 g/mol. The summed E-state index contributed by atoms with van der Waals surface area (Å²) in [5.41, 5.74) is 4.71. The van der Waals surface area contributed by atoms with Gasteiger partial charge in [0.2, 0.25) is 0 Å². The van der Waals surface area contributed by atoms with Crippen LogP contribution in [0.25, 0.3) is 66.8 Å². The first-order valence-corrected chi connectivity index (χ1v) is 15.0.